The fraction of sp³-hybridized carbons (Fsp3) is 0.333. The van der Waals surface area contributed by atoms with Gasteiger partial charge in [-0.05, 0) is 37.0 Å². The first-order valence-electron chi connectivity index (χ1n) is 4.52. The first kappa shape index (κ1) is 7.60. The Morgan fingerprint density at radius 2 is 1.75 bits per heavy atom. The minimum atomic E-state index is 0.700. The lowest BCUT2D eigenvalue weighted by Gasteiger charge is -2.22. The summed E-state index contributed by atoms with van der Waals surface area (Å²) < 4.78 is 0. The van der Waals surface area contributed by atoms with Crippen molar-refractivity contribution in [2.24, 2.45) is 0 Å². The highest BCUT2D eigenvalue weighted by Crippen LogP contribution is 2.33. The summed E-state index contributed by atoms with van der Waals surface area (Å²) in [5.41, 5.74) is 4.41. The van der Waals surface area contributed by atoms with Gasteiger partial charge >= 0.3 is 0 Å². The Hall–Kier alpha value is -1.04. The third kappa shape index (κ3) is 1.08. The Morgan fingerprint density at radius 3 is 2.17 bits per heavy atom. The third-order valence-corrected chi connectivity index (χ3v) is 2.67. The van der Waals surface area contributed by atoms with Gasteiger partial charge in [-0.15, -0.1) is 0 Å². The fourth-order valence-corrected chi connectivity index (χ4v) is 1.90. The highest BCUT2D eigenvalue weighted by Gasteiger charge is 2.16. The maximum Gasteiger partial charge on any atom is 0.00577 e. The predicted molar refractivity (Wildman–Crippen MR) is 52.4 cm³/mol. The molecule has 0 saturated heterocycles. The Labute approximate surface area is 73.9 Å². The molecule has 0 nitrogen and oxygen atoms in total. The second kappa shape index (κ2) is 2.78. The molecule has 12 heavy (non-hydrogen) atoms. The van der Waals surface area contributed by atoms with Gasteiger partial charge in [0.05, 0.1) is 0 Å². The van der Waals surface area contributed by atoms with Crippen LogP contribution in [0.4, 0.5) is 0 Å². The molecule has 0 spiro atoms. The standard InChI is InChI=1S/C12H14/c1-9-5-3-6-10(2)12(9)11-7-4-8-11/h3-7,11H,8H2,1-2H3. The van der Waals surface area contributed by atoms with Crippen LogP contribution in [0, 0.1) is 13.8 Å². The van der Waals surface area contributed by atoms with E-state index in [-0.39, 0.29) is 0 Å². The number of rotatable bonds is 1. The zero-order valence-corrected chi connectivity index (χ0v) is 7.67. The van der Waals surface area contributed by atoms with Crippen molar-refractivity contribution in [2.45, 2.75) is 26.2 Å². The molecular weight excluding hydrogens is 144 g/mol. The van der Waals surface area contributed by atoms with Gasteiger partial charge in [-0.25, -0.2) is 0 Å². The summed E-state index contributed by atoms with van der Waals surface area (Å²) in [4.78, 5) is 0. The summed E-state index contributed by atoms with van der Waals surface area (Å²) in [6.07, 6.45) is 5.78. The third-order valence-electron chi connectivity index (χ3n) is 2.67. The smallest absolute Gasteiger partial charge is 0.00577 e. The molecule has 62 valence electrons. The highest BCUT2D eigenvalue weighted by molar-refractivity contribution is 5.41. The van der Waals surface area contributed by atoms with E-state index in [9.17, 15) is 0 Å². The Kier molecular flexibility index (Phi) is 1.76. The molecule has 1 aliphatic rings. The van der Waals surface area contributed by atoms with Crippen molar-refractivity contribution in [3.8, 4) is 0 Å². The van der Waals surface area contributed by atoms with Crippen molar-refractivity contribution in [2.75, 3.05) is 0 Å². The van der Waals surface area contributed by atoms with E-state index in [0.29, 0.717) is 5.92 Å². The van der Waals surface area contributed by atoms with Gasteiger partial charge in [0.1, 0.15) is 0 Å². The molecule has 1 aromatic rings. The van der Waals surface area contributed by atoms with E-state index in [1.54, 1.807) is 5.56 Å². The van der Waals surface area contributed by atoms with Crippen molar-refractivity contribution in [1.29, 1.82) is 0 Å². The number of hydrogen-bond acceptors (Lipinski definition) is 0. The summed E-state index contributed by atoms with van der Waals surface area (Å²) in [6.45, 7) is 4.41. The van der Waals surface area contributed by atoms with E-state index in [2.05, 4.69) is 44.2 Å². The van der Waals surface area contributed by atoms with Gasteiger partial charge < -0.3 is 0 Å². The van der Waals surface area contributed by atoms with Crippen LogP contribution in [0.1, 0.15) is 29.0 Å². The van der Waals surface area contributed by atoms with Crippen molar-refractivity contribution in [3.63, 3.8) is 0 Å². The monoisotopic (exact) mass is 158 g/mol. The van der Waals surface area contributed by atoms with Crippen LogP contribution in [0.2, 0.25) is 0 Å². The lowest BCUT2D eigenvalue weighted by atomic mass is 9.83. The van der Waals surface area contributed by atoms with E-state index >= 15 is 0 Å². The Morgan fingerprint density at radius 1 is 1.17 bits per heavy atom. The molecule has 0 aliphatic heterocycles. The van der Waals surface area contributed by atoms with E-state index in [1.165, 1.54) is 17.5 Å². The van der Waals surface area contributed by atoms with Gasteiger partial charge in [0, 0.05) is 5.92 Å². The average Bonchev–Trinajstić information content (AvgIpc) is 1.93. The molecule has 0 bridgehead atoms. The second-order valence-electron chi connectivity index (χ2n) is 3.58. The van der Waals surface area contributed by atoms with Gasteiger partial charge in [0.2, 0.25) is 0 Å². The fourth-order valence-electron chi connectivity index (χ4n) is 1.90. The number of hydrogen-bond donors (Lipinski definition) is 0. The van der Waals surface area contributed by atoms with Crippen LogP contribution < -0.4 is 0 Å². The molecular formula is C12H14. The SMILES string of the molecule is Cc1cccc(C)c1C1C=CC1. The minimum absolute atomic E-state index is 0.700. The lowest BCUT2D eigenvalue weighted by molar-refractivity contribution is 0.780. The zero-order valence-electron chi connectivity index (χ0n) is 7.67. The van der Waals surface area contributed by atoms with Crippen LogP contribution in [0.15, 0.2) is 30.4 Å². The van der Waals surface area contributed by atoms with Crippen LogP contribution in [-0.2, 0) is 0 Å². The van der Waals surface area contributed by atoms with Crippen LogP contribution >= 0.6 is 0 Å². The molecule has 2 rings (SSSR count). The molecule has 0 fully saturated rings. The van der Waals surface area contributed by atoms with Crippen molar-refractivity contribution in [1.82, 2.24) is 0 Å². The van der Waals surface area contributed by atoms with Crippen LogP contribution in [0.5, 0.6) is 0 Å². The maximum absolute atomic E-state index is 2.30. The largest absolute Gasteiger partial charge is 0.0870 e. The second-order valence-corrected chi connectivity index (χ2v) is 3.58. The van der Waals surface area contributed by atoms with Gasteiger partial charge in [-0.3, -0.25) is 0 Å². The van der Waals surface area contributed by atoms with Crippen molar-refractivity contribution >= 4 is 0 Å². The normalized spacial score (nSPS) is 20.7. The molecule has 1 aromatic carbocycles. The number of benzene rings is 1. The molecule has 1 unspecified atom stereocenters. The Balaban J connectivity index is 2.47. The molecule has 0 amide bonds. The van der Waals surface area contributed by atoms with E-state index < -0.39 is 0 Å². The van der Waals surface area contributed by atoms with Crippen LogP contribution in [0.3, 0.4) is 0 Å². The van der Waals surface area contributed by atoms with Gasteiger partial charge in [0.15, 0.2) is 0 Å². The number of aryl methyl sites for hydroxylation is 2. The summed E-state index contributed by atoms with van der Waals surface area (Å²) >= 11 is 0. The predicted octanol–water partition coefficient (Wildman–Crippen LogP) is 3.35. The van der Waals surface area contributed by atoms with Crippen LogP contribution in [0.25, 0.3) is 0 Å². The van der Waals surface area contributed by atoms with E-state index in [4.69, 9.17) is 0 Å². The summed E-state index contributed by atoms with van der Waals surface area (Å²) in [5, 5.41) is 0. The van der Waals surface area contributed by atoms with E-state index in [0.717, 1.165) is 0 Å². The molecule has 0 saturated carbocycles. The molecule has 0 heterocycles. The Bertz CT molecular complexity index is 301. The van der Waals surface area contributed by atoms with Gasteiger partial charge in [0.25, 0.3) is 0 Å². The van der Waals surface area contributed by atoms with Gasteiger partial charge in [-0.2, -0.15) is 0 Å². The zero-order chi connectivity index (χ0) is 8.55. The van der Waals surface area contributed by atoms with E-state index in [1.807, 2.05) is 0 Å². The molecule has 0 N–H and O–H groups in total. The molecule has 0 aromatic heterocycles. The minimum Gasteiger partial charge on any atom is -0.0870 e. The number of allylic oxidation sites excluding steroid dienone is 2. The highest BCUT2D eigenvalue weighted by atomic mass is 14.2. The first-order valence-corrected chi connectivity index (χ1v) is 4.52. The maximum atomic E-state index is 2.30. The quantitative estimate of drug-likeness (QED) is 0.550. The first-order chi connectivity index (χ1) is 5.79. The van der Waals surface area contributed by atoms with Crippen LogP contribution in [-0.4, -0.2) is 0 Å². The van der Waals surface area contributed by atoms with Gasteiger partial charge in [-0.1, -0.05) is 30.4 Å². The molecule has 0 radical (unpaired) electrons. The summed E-state index contributed by atoms with van der Waals surface area (Å²) in [6, 6.07) is 6.54. The van der Waals surface area contributed by atoms with Crippen molar-refractivity contribution in [3.05, 3.63) is 47.0 Å². The summed E-state index contributed by atoms with van der Waals surface area (Å²) in [7, 11) is 0. The van der Waals surface area contributed by atoms with Crippen molar-refractivity contribution < 1.29 is 0 Å². The molecule has 0 heteroatoms. The topological polar surface area (TPSA) is 0 Å². The summed E-state index contributed by atoms with van der Waals surface area (Å²) in [5.74, 6) is 0.700. The average molecular weight is 158 g/mol. The lowest BCUT2D eigenvalue weighted by Crippen LogP contribution is -2.05. The molecule has 1 aliphatic carbocycles. The molecule has 1 atom stereocenters.